The Morgan fingerprint density at radius 2 is 1.80 bits per heavy atom. The number of aromatic nitrogens is 1. The molecule has 0 spiro atoms. The predicted molar refractivity (Wildman–Crippen MR) is 116 cm³/mol. The molecule has 4 bridgehead atoms. The maximum absolute atomic E-state index is 12.9. The third kappa shape index (κ3) is 4.98. The molecular weight excluding hydrogens is 402 g/mol. The summed E-state index contributed by atoms with van der Waals surface area (Å²) in [6.07, 6.45) is 11.1. The van der Waals surface area contributed by atoms with Crippen LogP contribution in [-0.4, -0.2) is 53.4 Å². The fraction of sp³-hybridized carbons (Fsp3) is 0.739. The molecule has 4 saturated carbocycles. The zero-order chi connectivity index (χ0) is 21.1. The number of halogens is 1. The molecule has 0 aliphatic heterocycles. The van der Waals surface area contributed by atoms with Crippen molar-refractivity contribution in [2.75, 3.05) is 26.3 Å². The molecule has 0 unspecified atom stereocenters. The first kappa shape index (κ1) is 22.0. The normalized spacial score (nSPS) is 29.5. The number of aliphatic hydroxyl groups excluding tert-OH is 2. The van der Waals surface area contributed by atoms with E-state index < -0.39 is 0 Å². The highest BCUT2D eigenvalue weighted by molar-refractivity contribution is 6.33. The third-order valence-electron chi connectivity index (χ3n) is 7.43. The Morgan fingerprint density at radius 1 is 1.17 bits per heavy atom. The Bertz CT molecular complexity index is 718. The minimum absolute atomic E-state index is 0.0935. The summed E-state index contributed by atoms with van der Waals surface area (Å²) in [6.45, 7) is 1.23. The van der Waals surface area contributed by atoms with Crippen molar-refractivity contribution in [1.82, 2.24) is 15.6 Å². The van der Waals surface area contributed by atoms with Crippen LogP contribution in [0.25, 0.3) is 0 Å². The van der Waals surface area contributed by atoms with E-state index in [9.17, 15) is 4.79 Å². The van der Waals surface area contributed by atoms with Gasteiger partial charge in [-0.3, -0.25) is 9.78 Å². The lowest BCUT2D eigenvalue weighted by atomic mass is 9.49. The van der Waals surface area contributed by atoms with Crippen LogP contribution in [0.2, 0.25) is 5.02 Å². The fourth-order valence-electron chi connectivity index (χ4n) is 6.42. The van der Waals surface area contributed by atoms with Gasteiger partial charge in [-0.25, -0.2) is 0 Å². The van der Waals surface area contributed by atoms with E-state index in [1.54, 1.807) is 12.3 Å². The molecule has 7 heteroatoms. The monoisotopic (exact) mass is 435 g/mol. The first-order valence-corrected chi connectivity index (χ1v) is 11.8. The lowest BCUT2D eigenvalue weighted by Gasteiger charge is -2.56. The van der Waals surface area contributed by atoms with Crippen molar-refractivity contribution in [3.05, 3.63) is 28.5 Å². The third-order valence-corrected chi connectivity index (χ3v) is 7.73. The van der Waals surface area contributed by atoms with Gasteiger partial charge in [0.25, 0.3) is 5.91 Å². The molecule has 4 aliphatic carbocycles. The van der Waals surface area contributed by atoms with Gasteiger partial charge in [-0.15, -0.1) is 0 Å². The van der Waals surface area contributed by atoms with E-state index in [1.165, 1.54) is 38.5 Å². The van der Waals surface area contributed by atoms with Crippen molar-refractivity contribution in [2.45, 2.75) is 57.4 Å². The Kier molecular flexibility index (Phi) is 6.98. The summed E-state index contributed by atoms with van der Waals surface area (Å²) in [4.78, 5) is 17.3. The van der Waals surface area contributed by atoms with E-state index >= 15 is 0 Å². The molecule has 0 saturated heterocycles. The zero-order valence-corrected chi connectivity index (χ0v) is 18.3. The number of rotatable bonds is 10. The second kappa shape index (κ2) is 9.51. The van der Waals surface area contributed by atoms with Gasteiger partial charge in [0, 0.05) is 18.4 Å². The topological polar surface area (TPSA) is 94.5 Å². The number of aliphatic hydroxyl groups is 2. The average Bonchev–Trinajstić information content (AvgIpc) is 2.72. The average molecular weight is 436 g/mol. The minimum atomic E-state index is -0.297. The molecule has 4 fully saturated rings. The maximum Gasteiger partial charge on any atom is 0.252 e. The van der Waals surface area contributed by atoms with Crippen LogP contribution in [0.1, 0.15) is 61.0 Å². The standard InChI is InChI=1S/C23H34ClN3O3/c24-21-11-26-18(2-1-3-25-19(12-28)13-29)7-20(21)22(30)27-14-23-8-15-4-16(9-23)6-17(5-15)10-23/h7,11,15-17,19,25,28-29H,1-6,8-10,12-14H2,(H,27,30). The van der Waals surface area contributed by atoms with E-state index in [0.29, 0.717) is 29.0 Å². The maximum atomic E-state index is 12.9. The Morgan fingerprint density at radius 3 is 2.40 bits per heavy atom. The van der Waals surface area contributed by atoms with Crippen LogP contribution in [0, 0.1) is 23.2 Å². The summed E-state index contributed by atoms with van der Waals surface area (Å²) in [6, 6.07) is 1.50. The molecule has 30 heavy (non-hydrogen) atoms. The van der Waals surface area contributed by atoms with Crippen molar-refractivity contribution >= 4 is 17.5 Å². The summed E-state index contributed by atoms with van der Waals surface area (Å²) >= 11 is 6.29. The van der Waals surface area contributed by atoms with Crippen LogP contribution in [0.3, 0.4) is 0 Å². The number of carbonyl (C=O) groups is 1. The SMILES string of the molecule is O=C(NCC12CC3CC(CC(C3)C1)C2)c1cc(CCCNC(CO)CO)ncc1Cl. The number of nitrogens with one attached hydrogen (secondary N) is 2. The highest BCUT2D eigenvalue weighted by Gasteiger charge is 2.50. The van der Waals surface area contributed by atoms with Crippen molar-refractivity contribution in [2.24, 2.45) is 23.2 Å². The largest absolute Gasteiger partial charge is 0.395 e. The summed E-state index contributed by atoms with van der Waals surface area (Å²) in [7, 11) is 0. The summed E-state index contributed by atoms with van der Waals surface area (Å²) in [5, 5.41) is 24.9. The second-order valence-electron chi connectivity index (χ2n) is 9.88. The number of aryl methyl sites for hydroxylation is 1. The van der Waals surface area contributed by atoms with Crippen LogP contribution < -0.4 is 10.6 Å². The summed E-state index contributed by atoms with van der Waals surface area (Å²) < 4.78 is 0. The first-order valence-electron chi connectivity index (χ1n) is 11.4. The van der Waals surface area contributed by atoms with Gasteiger partial charge in [0.15, 0.2) is 0 Å². The van der Waals surface area contributed by atoms with Crippen LogP contribution >= 0.6 is 11.6 Å². The molecule has 0 radical (unpaired) electrons. The second-order valence-corrected chi connectivity index (χ2v) is 10.3. The molecule has 4 aliphatic rings. The van der Waals surface area contributed by atoms with Gasteiger partial charge in [-0.2, -0.15) is 0 Å². The van der Waals surface area contributed by atoms with Crippen LogP contribution in [0.5, 0.6) is 0 Å². The highest BCUT2D eigenvalue weighted by atomic mass is 35.5. The summed E-state index contributed by atoms with van der Waals surface area (Å²) in [5.74, 6) is 2.51. The van der Waals surface area contributed by atoms with Crippen LogP contribution in [-0.2, 0) is 6.42 Å². The lowest BCUT2D eigenvalue weighted by Crippen LogP contribution is -2.51. The number of pyridine rings is 1. The van der Waals surface area contributed by atoms with Crippen molar-refractivity contribution in [3.8, 4) is 0 Å². The van der Waals surface area contributed by atoms with Crippen molar-refractivity contribution in [3.63, 3.8) is 0 Å². The molecule has 6 nitrogen and oxygen atoms in total. The number of amides is 1. The van der Waals surface area contributed by atoms with Gasteiger partial charge in [0.2, 0.25) is 0 Å². The van der Waals surface area contributed by atoms with Crippen LogP contribution in [0.15, 0.2) is 12.3 Å². The lowest BCUT2D eigenvalue weighted by molar-refractivity contribution is -0.0503. The molecule has 5 rings (SSSR count). The number of carbonyl (C=O) groups excluding carboxylic acids is 1. The number of hydrogen-bond donors (Lipinski definition) is 4. The van der Waals surface area contributed by atoms with Crippen molar-refractivity contribution in [1.29, 1.82) is 0 Å². The molecule has 4 N–H and O–H groups in total. The van der Waals surface area contributed by atoms with E-state index in [1.807, 2.05) is 0 Å². The van der Waals surface area contributed by atoms with Gasteiger partial charge >= 0.3 is 0 Å². The Labute approximate surface area is 183 Å². The van der Waals surface area contributed by atoms with E-state index in [0.717, 1.165) is 36.4 Å². The molecule has 0 aromatic carbocycles. The fourth-order valence-corrected chi connectivity index (χ4v) is 6.61. The Hall–Kier alpha value is -1.21. The summed E-state index contributed by atoms with van der Waals surface area (Å²) in [5.41, 5.74) is 1.63. The quantitative estimate of drug-likeness (QED) is 0.424. The smallest absolute Gasteiger partial charge is 0.252 e. The molecule has 1 heterocycles. The number of nitrogens with zero attached hydrogens (tertiary/aromatic N) is 1. The molecule has 1 aromatic heterocycles. The predicted octanol–water partition coefficient (Wildman–Crippen LogP) is 2.56. The van der Waals surface area contributed by atoms with E-state index in [-0.39, 0.29) is 25.2 Å². The van der Waals surface area contributed by atoms with Gasteiger partial charge in [0.1, 0.15) is 0 Å². The minimum Gasteiger partial charge on any atom is -0.395 e. The van der Waals surface area contributed by atoms with E-state index in [2.05, 4.69) is 15.6 Å². The Balaban J connectivity index is 1.31. The molecule has 166 valence electrons. The van der Waals surface area contributed by atoms with Crippen LogP contribution in [0.4, 0.5) is 0 Å². The molecule has 1 amide bonds. The van der Waals surface area contributed by atoms with Gasteiger partial charge < -0.3 is 20.8 Å². The zero-order valence-electron chi connectivity index (χ0n) is 17.6. The van der Waals surface area contributed by atoms with Gasteiger partial charge in [-0.05, 0) is 87.1 Å². The molecule has 0 atom stereocenters. The first-order chi connectivity index (χ1) is 14.5. The van der Waals surface area contributed by atoms with Crippen molar-refractivity contribution < 1.29 is 15.0 Å². The van der Waals surface area contributed by atoms with Gasteiger partial charge in [0.05, 0.1) is 29.8 Å². The van der Waals surface area contributed by atoms with E-state index in [4.69, 9.17) is 21.8 Å². The highest BCUT2D eigenvalue weighted by Crippen LogP contribution is 2.59. The molecule has 1 aromatic rings. The number of hydrogen-bond acceptors (Lipinski definition) is 5. The molecular formula is C23H34ClN3O3. The van der Waals surface area contributed by atoms with Gasteiger partial charge in [-0.1, -0.05) is 11.6 Å².